The Bertz CT molecular complexity index is 1280. The molecular weight excluding hydrogens is 376 g/mol. The van der Waals surface area contributed by atoms with E-state index < -0.39 is 11.6 Å². The van der Waals surface area contributed by atoms with Crippen molar-refractivity contribution in [2.75, 3.05) is 0 Å². The molecule has 4 aromatic rings. The molecule has 0 bridgehead atoms. The van der Waals surface area contributed by atoms with Crippen molar-refractivity contribution in [1.29, 1.82) is 5.41 Å². The van der Waals surface area contributed by atoms with Crippen molar-refractivity contribution in [3.05, 3.63) is 83.7 Å². The maximum atomic E-state index is 14.2. The number of benzene rings is 2. The fourth-order valence-corrected chi connectivity index (χ4v) is 3.17. The van der Waals surface area contributed by atoms with Crippen LogP contribution >= 0.6 is 0 Å². The van der Waals surface area contributed by atoms with Gasteiger partial charge in [-0.3, -0.25) is 0 Å². The second kappa shape index (κ2) is 7.20. The minimum absolute atomic E-state index is 0.104. The van der Waals surface area contributed by atoms with E-state index in [4.69, 9.17) is 5.41 Å². The highest BCUT2D eigenvalue weighted by molar-refractivity contribution is 6.18. The summed E-state index contributed by atoms with van der Waals surface area (Å²) in [4.78, 5) is 7.24. The van der Waals surface area contributed by atoms with Gasteiger partial charge < -0.3 is 20.6 Å². The summed E-state index contributed by atoms with van der Waals surface area (Å²) >= 11 is 0. The fourth-order valence-electron chi connectivity index (χ4n) is 3.17. The smallest absolute Gasteiger partial charge is 0.166 e. The van der Waals surface area contributed by atoms with Gasteiger partial charge in [-0.1, -0.05) is 24.3 Å². The van der Waals surface area contributed by atoms with Crippen LogP contribution in [0.5, 0.6) is 5.75 Å². The first-order valence-electron chi connectivity index (χ1n) is 8.64. The predicted molar refractivity (Wildman–Crippen MR) is 108 cm³/mol. The number of hydrogen-bond donors (Lipinski definition) is 4. The van der Waals surface area contributed by atoms with Crippen molar-refractivity contribution in [2.24, 2.45) is 0 Å². The molecule has 0 saturated heterocycles. The van der Waals surface area contributed by atoms with Crippen molar-refractivity contribution < 1.29 is 19.0 Å². The van der Waals surface area contributed by atoms with Gasteiger partial charge in [-0.15, -0.1) is 0 Å². The maximum Gasteiger partial charge on any atom is 0.166 e. The number of rotatable bonds is 4. The topological polar surface area (TPSA) is 93.0 Å². The highest BCUT2D eigenvalue weighted by Gasteiger charge is 2.18. The molecule has 0 spiro atoms. The number of phenolic OH excluding ortho intramolecular Hbond substituents is 1. The zero-order valence-corrected chi connectivity index (χ0v) is 14.9. The molecule has 2 aromatic heterocycles. The molecule has 0 atom stereocenters. The van der Waals surface area contributed by atoms with Crippen LogP contribution in [0.15, 0.2) is 60.9 Å². The van der Waals surface area contributed by atoms with Gasteiger partial charge in [0.15, 0.2) is 11.6 Å². The lowest BCUT2D eigenvalue weighted by atomic mass is 10.00. The van der Waals surface area contributed by atoms with Gasteiger partial charge in [-0.2, -0.15) is 0 Å². The molecule has 2 heterocycles. The first-order valence-corrected chi connectivity index (χ1v) is 8.64. The summed E-state index contributed by atoms with van der Waals surface area (Å²) in [5.74, 6) is -2.49. The number of nitrogens with one attached hydrogen (secondary N) is 2. The number of nitrogens with zero attached hydrogens (tertiary/aromatic N) is 1. The van der Waals surface area contributed by atoms with Crippen LogP contribution in [0.4, 0.5) is 8.78 Å². The number of phenols is 1. The fraction of sp³-hybridized carbons (Fsp3) is 0. The zero-order chi connectivity index (χ0) is 20.5. The second-order valence-corrected chi connectivity index (χ2v) is 6.38. The standard InChI is InChI=1S/C22H15F2N3O2/c23-19-6-2-5-15(20(19)24)17(9-25)21(29)18-11-27-22-16(18)8-13(10-26-22)12-3-1-4-14(28)7-12/h1-11,25,28-29H,(H,26,27)/b21-17+,25-9?. The Labute approximate surface area is 164 Å². The number of fused-ring (bicyclic) bond motifs is 1. The molecular formula is C22H15F2N3O2. The van der Waals surface area contributed by atoms with Crippen LogP contribution in [0, 0.1) is 17.0 Å². The van der Waals surface area contributed by atoms with Crippen molar-refractivity contribution >= 4 is 28.6 Å². The van der Waals surface area contributed by atoms with Gasteiger partial charge in [0.2, 0.25) is 0 Å². The highest BCUT2D eigenvalue weighted by Crippen LogP contribution is 2.32. The molecule has 0 radical (unpaired) electrons. The molecule has 0 amide bonds. The SMILES string of the molecule is N=C/C(=C(\O)c1c[nH]c2ncc(-c3cccc(O)c3)cc12)c1cccc(F)c1F. The van der Waals surface area contributed by atoms with Crippen molar-refractivity contribution in [3.8, 4) is 16.9 Å². The third-order valence-electron chi connectivity index (χ3n) is 4.61. The molecule has 5 nitrogen and oxygen atoms in total. The lowest BCUT2D eigenvalue weighted by Crippen LogP contribution is -1.98. The molecule has 7 heteroatoms. The number of hydrogen-bond acceptors (Lipinski definition) is 4. The van der Waals surface area contributed by atoms with Gasteiger partial charge in [0.05, 0.1) is 0 Å². The zero-order valence-electron chi connectivity index (χ0n) is 14.9. The summed E-state index contributed by atoms with van der Waals surface area (Å²) in [7, 11) is 0. The maximum absolute atomic E-state index is 14.2. The summed E-state index contributed by atoms with van der Waals surface area (Å²) in [5.41, 5.74) is 1.79. The van der Waals surface area contributed by atoms with E-state index in [9.17, 15) is 19.0 Å². The van der Waals surface area contributed by atoms with E-state index in [2.05, 4.69) is 9.97 Å². The van der Waals surface area contributed by atoms with Gasteiger partial charge >= 0.3 is 0 Å². The first kappa shape index (κ1) is 18.4. The second-order valence-electron chi connectivity index (χ2n) is 6.38. The number of aromatic nitrogens is 2. The van der Waals surface area contributed by atoms with Crippen LogP contribution in [0.2, 0.25) is 0 Å². The molecule has 0 saturated carbocycles. The van der Waals surface area contributed by atoms with E-state index in [1.807, 2.05) is 0 Å². The third kappa shape index (κ3) is 3.23. The van der Waals surface area contributed by atoms with E-state index >= 15 is 0 Å². The molecule has 0 aliphatic carbocycles. The van der Waals surface area contributed by atoms with Gasteiger partial charge in [-0.25, -0.2) is 13.8 Å². The minimum atomic E-state index is -1.14. The largest absolute Gasteiger partial charge is 0.508 e. The first-order chi connectivity index (χ1) is 14.0. The normalized spacial score (nSPS) is 12.1. The van der Waals surface area contributed by atoms with Crippen molar-refractivity contribution in [2.45, 2.75) is 0 Å². The molecule has 144 valence electrons. The highest BCUT2D eigenvalue weighted by atomic mass is 19.2. The Hall–Kier alpha value is -4.00. The van der Waals surface area contributed by atoms with Crippen LogP contribution < -0.4 is 0 Å². The van der Waals surface area contributed by atoms with Crippen molar-refractivity contribution in [3.63, 3.8) is 0 Å². The third-order valence-corrected chi connectivity index (χ3v) is 4.61. The Morgan fingerprint density at radius 1 is 1.03 bits per heavy atom. The van der Waals surface area contributed by atoms with Crippen molar-refractivity contribution in [1.82, 2.24) is 9.97 Å². The lowest BCUT2D eigenvalue weighted by Gasteiger charge is -2.08. The van der Waals surface area contributed by atoms with E-state index in [0.29, 0.717) is 16.6 Å². The number of pyridine rings is 1. The molecule has 0 aliphatic heterocycles. The Morgan fingerprint density at radius 2 is 1.83 bits per heavy atom. The quantitative estimate of drug-likeness (QED) is 0.281. The minimum Gasteiger partial charge on any atom is -0.508 e. The number of halogens is 2. The van der Waals surface area contributed by atoms with Gasteiger partial charge in [0.1, 0.15) is 17.2 Å². The summed E-state index contributed by atoms with van der Waals surface area (Å²) in [6.45, 7) is 0. The molecule has 0 unspecified atom stereocenters. The van der Waals surface area contributed by atoms with Crippen LogP contribution in [0.25, 0.3) is 33.5 Å². The predicted octanol–water partition coefficient (Wildman–Crippen LogP) is 5.29. The summed E-state index contributed by atoms with van der Waals surface area (Å²) in [6.07, 6.45) is 3.88. The van der Waals surface area contributed by atoms with Gasteiger partial charge in [0, 0.05) is 46.3 Å². The molecule has 2 aromatic carbocycles. The number of H-pyrrole nitrogens is 1. The Morgan fingerprint density at radius 3 is 2.59 bits per heavy atom. The monoisotopic (exact) mass is 391 g/mol. The van der Waals surface area contributed by atoms with Crippen LogP contribution in [0.3, 0.4) is 0 Å². The van der Waals surface area contributed by atoms with Gasteiger partial charge in [-0.05, 0) is 29.8 Å². The molecule has 0 fully saturated rings. The number of aromatic hydroxyl groups is 1. The average Bonchev–Trinajstić information content (AvgIpc) is 3.14. The Balaban J connectivity index is 1.90. The Kier molecular flexibility index (Phi) is 4.56. The molecule has 29 heavy (non-hydrogen) atoms. The summed E-state index contributed by atoms with van der Waals surface area (Å²) in [6, 6.07) is 11.9. The van der Waals surface area contributed by atoms with E-state index in [1.165, 1.54) is 18.3 Å². The number of aromatic amines is 1. The summed E-state index contributed by atoms with van der Waals surface area (Å²) < 4.78 is 27.8. The number of aliphatic hydroxyl groups excluding tert-OH is 1. The molecule has 0 aliphatic rings. The van der Waals surface area contributed by atoms with Crippen LogP contribution in [-0.4, -0.2) is 26.4 Å². The van der Waals surface area contributed by atoms with Crippen LogP contribution in [-0.2, 0) is 0 Å². The van der Waals surface area contributed by atoms with Crippen LogP contribution in [0.1, 0.15) is 11.1 Å². The number of allylic oxidation sites excluding steroid dienone is 1. The van der Waals surface area contributed by atoms with E-state index in [-0.39, 0.29) is 28.2 Å². The van der Waals surface area contributed by atoms with Gasteiger partial charge in [0.25, 0.3) is 0 Å². The summed E-state index contributed by atoms with van der Waals surface area (Å²) in [5, 5.41) is 28.6. The average molecular weight is 391 g/mol. The molecule has 4 N–H and O–H groups in total. The van der Waals surface area contributed by atoms with E-state index in [1.54, 1.807) is 36.5 Å². The number of aliphatic hydroxyl groups is 1. The van der Waals surface area contributed by atoms with E-state index in [0.717, 1.165) is 17.8 Å². The lowest BCUT2D eigenvalue weighted by molar-refractivity contribution is 0.475. The molecule has 4 rings (SSSR count).